The number of aryl methyl sites for hydroxylation is 1. The van der Waals surface area contributed by atoms with Gasteiger partial charge in [0, 0.05) is 25.3 Å². The van der Waals surface area contributed by atoms with Gasteiger partial charge in [-0.25, -0.2) is 8.42 Å². The van der Waals surface area contributed by atoms with Crippen molar-refractivity contribution in [1.29, 1.82) is 0 Å². The largest absolute Gasteiger partial charge is 0.385 e. The SMILES string of the molecule is CC1CCN(S(=O)(=O)c2ccc3c(c2)NCCC3)CC1C. The highest BCUT2D eigenvalue weighted by Gasteiger charge is 2.32. The summed E-state index contributed by atoms with van der Waals surface area (Å²) in [5.41, 5.74) is 2.21. The third kappa shape index (κ3) is 2.81. The Morgan fingerprint density at radius 3 is 2.81 bits per heavy atom. The van der Waals surface area contributed by atoms with Crippen LogP contribution < -0.4 is 5.32 Å². The van der Waals surface area contributed by atoms with Crippen LogP contribution in [0.4, 0.5) is 5.69 Å². The Kier molecular flexibility index (Phi) is 3.97. The van der Waals surface area contributed by atoms with E-state index in [1.807, 2.05) is 12.1 Å². The van der Waals surface area contributed by atoms with Crippen LogP contribution in [0.1, 0.15) is 32.3 Å². The van der Waals surface area contributed by atoms with E-state index < -0.39 is 10.0 Å². The number of anilines is 1. The van der Waals surface area contributed by atoms with Gasteiger partial charge in [-0.1, -0.05) is 19.9 Å². The zero-order valence-electron chi connectivity index (χ0n) is 12.8. The van der Waals surface area contributed by atoms with Crippen LogP contribution in [0.25, 0.3) is 0 Å². The van der Waals surface area contributed by atoms with Gasteiger partial charge in [-0.15, -0.1) is 0 Å². The maximum absolute atomic E-state index is 12.8. The maximum Gasteiger partial charge on any atom is 0.243 e. The van der Waals surface area contributed by atoms with Crippen LogP contribution in [0.5, 0.6) is 0 Å². The molecule has 1 N–H and O–H groups in total. The van der Waals surface area contributed by atoms with Crippen LogP contribution in [0, 0.1) is 11.8 Å². The second kappa shape index (κ2) is 5.61. The summed E-state index contributed by atoms with van der Waals surface area (Å²) in [7, 11) is -3.36. The molecular formula is C16H24N2O2S. The van der Waals surface area contributed by atoms with Crippen LogP contribution in [0.2, 0.25) is 0 Å². The minimum absolute atomic E-state index is 0.421. The number of rotatable bonds is 2. The molecule has 4 nitrogen and oxygen atoms in total. The van der Waals surface area contributed by atoms with Gasteiger partial charge < -0.3 is 5.32 Å². The van der Waals surface area contributed by atoms with Crippen LogP contribution >= 0.6 is 0 Å². The number of hydrogen-bond donors (Lipinski definition) is 1. The smallest absolute Gasteiger partial charge is 0.243 e. The Labute approximate surface area is 127 Å². The molecule has 5 heteroatoms. The third-order valence-corrected chi connectivity index (χ3v) is 6.82. The lowest BCUT2D eigenvalue weighted by Gasteiger charge is -2.34. The van der Waals surface area contributed by atoms with Gasteiger partial charge in [-0.05, 0) is 48.8 Å². The molecule has 0 spiro atoms. The molecule has 1 saturated heterocycles. The molecule has 3 rings (SSSR count). The van der Waals surface area contributed by atoms with Crippen molar-refractivity contribution >= 4 is 15.7 Å². The molecule has 2 aliphatic rings. The first-order valence-electron chi connectivity index (χ1n) is 7.85. The molecular weight excluding hydrogens is 284 g/mol. The van der Waals surface area contributed by atoms with E-state index in [1.54, 1.807) is 10.4 Å². The van der Waals surface area contributed by atoms with E-state index in [0.29, 0.717) is 29.8 Å². The highest BCUT2D eigenvalue weighted by atomic mass is 32.2. The van der Waals surface area contributed by atoms with E-state index in [0.717, 1.165) is 31.5 Å². The topological polar surface area (TPSA) is 49.4 Å². The number of nitrogens with one attached hydrogen (secondary N) is 1. The molecule has 1 fully saturated rings. The lowest BCUT2D eigenvalue weighted by atomic mass is 9.90. The second-order valence-corrected chi connectivity index (χ2v) is 8.39. The van der Waals surface area contributed by atoms with Gasteiger partial charge in [-0.2, -0.15) is 4.31 Å². The van der Waals surface area contributed by atoms with Crippen molar-refractivity contribution in [2.75, 3.05) is 25.0 Å². The fraction of sp³-hybridized carbons (Fsp3) is 0.625. The number of hydrogen-bond acceptors (Lipinski definition) is 3. The maximum atomic E-state index is 12.8. The van der Waals surface area contributed by atoms with Crippen LogP contribution in [0.3, 0.4) is 0 Å². The number of fused-ring (bicyclic) bond motifs is 1. The summed E-state index contributed by atoms with van der Waals surface area (Å²) < 4.78 is 27.3. The van der Waals surface area contributed by atoms with Gasteiger partial charge in [-0.3, -0.25) is 0 Å². The summed E-state index contributed by atoms with van der Waals surface area (Å²) in [6.07, 6.45) is 3.09. The summed E-state index contributed by atoms with van der Waals surface area (Å²) in [6, 6.07) is 5.54. The molecule has 0 aromatic heterocycles. The van der Waals surface area contributed by atoms with Crippen LogP contribution in [-0.2, 0) is 16.4 Å². The van der Waals surface area contributed by atoms with Crippen molar-refractivity contribution in [2.24, 2.45) is 11.8 Å². The molecule has 2 aliphatic heterocycles. The summed E-state index contributed by atoms with van der Waals surface area (Å²) in [6.45, 7) is 6.54. The Balaban J connectivity index is 1.88. The summed E-state index contributed by atoms with van der Waals surface area (Å²) in [5, 5.41) is 3.31. The molecule has 0 bridgehead atoms. The van der Waals surface area contributed by atoms with E-state index in [4.69, 9.17) is 0 Å². The molecule has 1 aromatic rings. The fourth-order valence-electron chi connectivity index (χ4n) is 3.19. The Morgan fingerprint density at radius 1 is 1.24 bits per heavy atom. The molecule has 116 valence electrons. The van der Waals surface area contributed by atoms with E-state index in [1.165, 1.54) is 5.56 Å². The molecule has 0 amide bonds. The van der Waals surface area contributed by atoms with Gasteiger partial charge in [0.15, 0.2) is 0 Å². The van der Waals surface area contributed by atoms with Gasteiger partial charge in [0.2, 0.25) is 10.0 Å². The molecule has 1 aromatic carbocycles. The van der Waals surface area contributed by atoms with Crippen LogP contribution in [-0.4, -0.2) is 32.4 Å². The normalized spacial score (nSPS) is 27.0. The number of piperidine rings is 1. The van der Waals surface area contributed by atoms with Crippen molar-refractivity contribution < 1.29 is 8.42 Å². The standard InChI is InChI=1S/C16H24N2O2S/c1-12-7-9-18(11-13(12)2)21(19,20)15-6-5-14-4-3-8-17-16(14)10-15/h5-6,10,12-13,17H,3-4,7-9,11H2,1-2H3. The van der Waals surface area contributed by atoms with E-state index in [9.17, 15) is 8.42 Å². The Bertz CT molecular complexity index is 627. The predicted octanol–water partition coefficient (Wildman–Crippen LogP) is 2.71. The summed E-state index contributed by atoms with van der Waals surface area (Å²) >= 11 is 0. The number of nitrogens with zero attached hydrogens (tertiary/aromatic N) is 1. The third-order valence-electron chi connectivity index (χ3n) is 4.95. The average Bonchev–Trinajstić information content (AvgIpc) is 2.49. The van der Waals surface area contributed by atoms with E-state index in [-0.39, 0.29) is 0 Å². The van der Waals surface area contributed by atoms with Gasteiger partial charge in [0.1, 0.15) is 0 Å². The highest BCUT2D eigenvalue weighted by molar-refractivity contribution is 7.89. The summed E-state index contributed by atoms with van der Waals surface area (Å²) in [4.78, 5) is 0.428. The lowest BCUT2D eigenvalue weighted by molar-refractivity contribution is 0.212. The average molecular weight is 308 g/mol. The van der Waals surface area contributed by atoms with Crippen LogP contribution in [0.15, 0.2) is 23.1 Å². The van der Waals surface area contributed by atoms with Gasteiger partial charge in [0.05, 0.1) is 4.90 Å². The van der Waals surface area contributed by atoms with E-state index >= 15 is 0 Å². The molecule has 2 atom stereocenters. The fourth-order valence-corrected chi connectivity index (χ4v) is 4.77. The first-order chi connectivity index (χ1) is 9.98. The number of benzene rings is 1. The lowest BCUT2D eigenvalue weighted by Crippen LogP contribution is -2.42. The second-order valence-electron chi connectivity index (χ2n) is 6.46. The molecule has 0 radical (unpaired) electrons. The quantitative estimate of drug-likeness (QED) is 0.914. The van der Waals surface area contributed by atoms with Crippen molar-refractivity contribution in [1.82, 2.24) is 4.31 Å². The minimum Gasteiger partial charge on any atom is -0.385 e. The van der Waals surface area contributed by atoms with Crippen molar-refractivity contribution in [3.63, 3.8) is 0 Å². The molecule has 2 heterocycles. The van der Waals surface area contributed by atoms with E-state index in [2.05, 4.69) is 19.2 Å². The Morgan fingerprint density at radius 2 is 2.05 bits per heavy atom. The first-order valence-corrected chi connectivity index (χ1v) is 9.29. The molecule has 0 saturated carbocycles. The molecule has 0 aliphatic carbocycles. The van der Waals surface area contributed by atoms with Gasteiger partial charge >= 0.3 is 0 Å². The summed E-state index contributed by atoms with van der Waals surface area (Å²) in [5.74, 6) is 1.02. The highest BCUT2D eigenvalue weighted by Crippen LogP contribution is 2.30. The monoisotopic (exact) mass is 308 g/mol. The first kappa shape index (κ1) is 14.9. The van der Waals surface area contributed by atoms with Crippen molar-refractivity contribution in [3.05, 3.63) is 23.8 Å². The zero-order chi connectivity index (χ0) is 15.0. The van der Waals surface area contributed by atoms with Crippen molar-refractivity contribution in [2.45, 2.75) is 38.0 Å². The predicted molar refractivity (Wildman–Crippen MR) is 85.0 cm³/mol. The number of sulfonamides is 1. The van der Waals surface area contributed by atoms with Crippen molar-refractivity contribution in [3.8, 4) is 0 Å². The van der Waals surface area contributed by atoms with Gasteiger partial charge in [0.25, 0.3) is 0 Å². The Hall–Kier alpha value is -1.07. The zero-order valence-corrected chi connectivity index (χ0v) is 13.6. The molecule has 2 unspecified atom stereocenters. The minimum atomic E-state index is -3.36. The molecule has 21 heavy (non-hydrogen) atoms.